The van der Waals surface area contributed by atoms with Crippen molar-refractivity contribution in [2.75, 3.05) is 12.9 Å². The topological polar surface area (TPSA) is 39.2 Å². The molecular formula is C30H30ClNO2S. The van der Waals surface area contributed by atoms with Gasteiger partial charge < -0.3 is 4.74 Å². The lowest BCUT2D eigenvalue weighted by Crippen LogP contribution is -2.05. The molecule has 0 atom stereocenters. The van der Waals surface area contributed by atoms with Gasteiger partial charge in [0.2, 0.25) is 0 Å². The molecule has 0 aliphatic carbocycles. The Morgan fingerprint density at radius 3 is 2.54 bits per heavy atom. The Morgan fingerprint density at radius 1 is 0.971 bits per heavy atom. The van der Waals surface area contributed by atoms with Crippen molar-refractivity contribution in [3.05, 3.63) is 112 Å². The molecule has 0 saturated carbocycles. The van der Waals surface area contributed by atoms with E-state index in [1.807, 2.05) is 61.5 Å². The van der Waals surface area contributed by atoms with Gasteiger partial charge in [-0.2, -0.15) is 12.6 Å². The summed E-state index contributed by atoms with van der Waals surface area (Å²) < 4.78 is 4.89. The van der Waals surface area contributed by atoms with Gasteiger partial charge >= 0.3 is 5.97 Å². The van der Waals surface area contributed by atoms with E-state index in [-0.39, 0.29) is 5.97 Å². The largest absolute Gasteiger partial charge is 0.465 e. The van der Waals surface area contributed by atoms with Crippen LogP contribution in [0.3, 0.4) is 0 Å². The number of carbonyl (C=O) groups is 1. The summed E-state index contributed by atoms with van der Waals surface area (Å²) in [5.41, 5.74) is 5.85. The Morgan fingerprint density at radius 2 is 1.74 bits per heavy atom. The minimum absolute atomic E-state index is 0.280. The van der Waals surface area contributed by atoms with Crippen LogP contribution in [0.2, 0.25) is 5.02 Å². The summed E-state index contributed by atoms with van der Waals surface area (Å²) in [7, 11) is 1.42. The lowest BCUT2D eigenvalue weighted by Gasteiger charge is -2.08. The van der Waals surface area contributed by atoms with E-state index in [0.29, 0.717) is 10.6 Å². The molecule has 0 spiro atoms. The highest BCUT2D eigenvalue weighted by molar-refractivity contribution is 7.80. The number of carbonyl (C=O) groups excluding carboxylic acids is 1. The van der Waals surface area contributed by atoms with Crippen molar-refractivity contribution in [1.29, 1.82) is 0 Å². The number of nitrogens with zero attached hydrogens (tertiary/aromatic N) is 1. The van der Waals surface area contributed by atoms with Crippen molar-refractivity contribution in [3.8, 4) is 0 Å². The molecule has 0 radical (unpaired) electrons. The number of methoxy groups -OCH3 is 1. The monoisotopic (exact) mass is 503 g/mol. The van der Waals surface area contributed by atoms with Crippen LogP contribution in [0.4, 0.5) is 0 Å². The van der Waals surface area contributed by atoms with Gasteiger partial charge in [0, 0.05) is 10.4 Å². The van der Waals surface area contributed by atoms with Crippen molar-refractivity contribution in [3.63, 3.8) is 0 Å². The van der Waals surface area contributed by atoms with Crippen molar-refractivity contribution in [2.45, 2.75) is 26.2 Å². The average molecular weight is 504 g/mol. The summed E-state index contributed by atoms with van der Waals surface area (Å²) in [6, 6.07) is 25.9. The number of hydrogen-bond acceptors (Lipinski definition) is 4. The zero-order chi connectivity index (χ0) is 25.0. The molecule has 1 heterocycles. The van der Waals surface area contributed by atoms with E-state index in [4.69, 9.17) is 16.3 Å². The number of thiol groups is 1. The molecule has 0 bridgehead atoms. The van der Waals surface area contributed by atoms with Gasteiger partial charge in [0.05, 0.1) is 23.9 Å². The summed E-state index contributed by atoms with van der Waals surface area (Å²) >= 11 is 9.88. The van der Waals surface area contributed by atoms with Crippen molar-refractivity contribution >= 4 is 53.3 Å². The van der Waals surface area contributed by atoms with E-state index in [1.165, 1.54) is 12.7 Å². The highest BCUT2D eigenvalue weighted by Crippen LogP contribution is 2.19. The zero-order valence-electron chi connectivity index (χ0n) is 20.1. The number of benzene rings is 3. The molecule has 3 nitrogen and oxygen atoms in total. The molecule has 0 fully saturated rings. The molecule has 0 N–H and O–H groups in total. The first kappa shape index (κ1) is 26.5. The fourth-order valence-corrected chi connectivity index (χ4v) is 3.93. The maximum absolute atomic E-state index is 11.9. The summed E-state index contributed by atoms with van der Waals surface area (Å²) in [6.07, 6.45) is 6.81. The molecule has 4 aromatic rings. The standard InChI is InChI=1S/C28H24ClNO2.C2H6S/c1-32-28(31)26-11-3-2-9-22(26)10-5-8-20-6-4-7-21(18-20)12-16-25-17-14-23-13-15-24(29)19-27(23)30-25;1-2-3/h2-4,6-7,9,11-19H,5,8,10H2,1H3;3H,2H2,1H3/b16-12+;. The molecular weight excluding hydrogens is 474 g/mol. The second-order valence-corrected chi connectivity index (χ2v) is 9.04. The number of rotatable bonds is 7. The van der Waals surface area contributed by atoms with Gasteiger partial charge in [-0.15, -0.1) is 0 Å². The molecule has 180 valence electrons. The predicted molar refractivity (Wildman–Crippen MR) is 151 cm³/mol. The van der Waals surface area contributed by atoms with E-state index in [2.05, 4.69) is 54.0 Å². The van der Waals surface area contributed by atoms with Crippen LogP contribution in [0.1, 0.15) is 46.1 Å². The van der Waals surface area contributed by atoms with Gasteiger partial charge in [-0.25, -0.2) is 9.78 Å². The van der Waals surface area contributed by atoms with Crippen LogP contribution in [-0.2, 0) is 17.6 Å². The highest BCUT2D eigenvalue weighted by Gasteiger charge is 2.10. The van der Waals surface area contributed by atoms with Crippen LogP contribution in [-0.4, -0.2) is 23.8 Å². The van der Waals surface area contributed by atoms with Gasteiger partial charge in [-0.3, -0.25) is 0 Å². The molecule has 1 aromatic heterocycles. The summed E-state index contributed by atoms with van der Waals surface area (Å²) in [6.45, 7) is 1.99. The van der Waals surface area contributed by atoms with Crippen LogP contribution in [0, 0.1) is 0 Å². The molecule has 0 aliphatic heterocycles. The Kier molecular flexibility index (Phi) is 10.4. The van der Waals surface area contributed by atoms with E-state index in [0.717, 1.165) is 52.7 Å². The Bertz CT molecular complexity index is 1300. The molecule has 4 rings (SSSR count). The summed E-state index contributed by atoms with van der Waals surface area (Å²) in [5.74, 6) is 0.664. The van der Waals surface area contributed by atoms with Gasteiger partial charge in [-0.05, 0) is 72.0 Å². The lowest BCUT2D eigenvalue weighted by atomic mass is 9.99. The van der Waals surface area contributed by atoms with Crippen LogP contribution in [0.5, 0.6) is 0 Å². The third-order valence-electron chi connectivity index (χ3n) is 5.41. The summed E-state index contributed by atoms with van der Waals surface area (Å²) in [5, 5.41) is 1.76. The predicted octanol–water partition coefficient (Wildman–Crippen LogP) is 7.96. The van der Waals surface area contributed by atoms with Crippen LogP contribution in [0.15, 0.2) is 78.9 Å². The number of halogens is 1. The van der Waals surface area contributed by atoms with Crippen molar-refractivity contribution in [2.24, 2.45) is 0 Å². The lowest BCUT2D eigenvalue weighted by molar-refractivity contribution is 0.0599. The number of fused-ring (bicyclic) bond motifs is 1. The number of aromatic nitrogens is 1. The first-order chi connectivity index (χ1) is 17.0. The average Bonchev–Trinajstić information content (AvgIpc) is 2.88. The first-order valence-electron chi connectivity index (χ1n) is 11.6. The fourth-order valence-electron chi connectivity index (χ4n) is 3.76. The molecule has 0 amide bonds. The van der Waals surface area contributed by atoms with E-state index >= 15 is 0 Å². The van der Waals surface area contributed by atoms with Crippen LogP contribution >= 0.6 is 24.2 Å². The minimum atomic E-state index is -0.280. The van der Waals surface area contributed by atoms with E-state index in [9.17, 15) is 4.79 Å². The zero-order valence-corrected chi connectivity index (χ0v) is 21.7. The SMILES string of the molecule is CCS.COC(=O)c1ccccc1CCCc1cccc(/C=C/c2ccc3ccc(Cl)cc3n2)c1. The van der Waals surface area contributed by atoms with Crippen molar-refractivity contribution < 1.29 is 9.53 Å². The Hall–Kier alpha value is -3.08. The maximum atomic E-state index is 11.9. The molecule has 3 aromatic carbocycles. The second kappa shape index (κ2) is 13.7. The van der Waals surface area contributed by atoms with Gasteiger partial charge in [0.25, 0.3) is 0 Å². The summed E-state index contributed by atoms with van der Waals surface area (Å²) in [4.78, 5) is 16.6. The third-order valence-corrected chi connectivity index (χ3v) is 5.64. The molecule has 0 unspecified atom stereocenters. The minimum Gasteiger partial charge on any atom is -0.465 e. The number of ether oxygens (including phenoxy) is 1. The van der Waals surface area contributed by atoms with Crippen LogP contribution in [0.25, 0.3) is 23.1 Å². The van der Waals surface area contributed by atoms with E-state index < -0.39 is 0 Å². The Labute approximate surface area is 218 Å². The quantitative estimate of drug-likeness (QED) is 0.205. The van der Waals surface area contributed by atoms with Gasteiger partial charge in [-0.1, -0.05) is 79.2 Å². The van der Waals surface area contributed by atoms with Gasteiger partial charge in [0.1, 0.15) is 0 Å². The molecule has 35 heavy (non-hydrogen) atoms. The van der Waals surface area contributed by atoms with Gasteiger partial charge in [0.15, 0.2) is 0 Å². The number of pyridine rings is 1. The molecule has 5 heteroatoms. The fraction of sp³-hybridized carbons (Fsp3) is 0.200. The smallest absolute Gasteiger partial charge is 0.338 e. The third kappa shape index (κ3) is 7.98. The van der Waals surface area contributed by atoms with Crippen molar-refractivity contribution in [1.82, 2.24) is 4.98 Å². The highest BCUT2D eigenvalue weighted by atomic mass is 35.5. The number of aryl methyl sites for hydroxylation is 2. The first-order valence-corrected chi connectivity index (χ1v) is 12.7. The Balaban J connectivity index is 0.00000108. The molecule has 0 aliphatic rings. The van der Waals surface area contributed by atoms with E-state index in [1.54, 1.807) is 0 Å². The second-order valence-electron chi connectivity index (χ2n) is 7.97. The molecule has 0 saturated heterocycles. The normalized spacial score (nSPS) is 10.7. The number of esters is 1. The number of hydrogen-bond donors (Lipinski definition) is 1. The van der Waals surface area contributed by atoms with Crippen LogP contribution < -0.4 is 0 Å². The maximum Gasteiger partial charge on any atom is 0.338 e.